The van der Waals surface area contributed by atoms with Crippen molar-refractivity contribution >= 4 is 75.2 Å². The molecule has 55 heavy (non-hydrogen) atoms. The number of carbonyl (C=O) groups excluding carboxylic acids is 4. The third-order valence-corrected chi connectivity index (χ3v) is 12.0. The molecule has 8 nitrogen and oxygen atoms in total. The molecule has 6 rings (SSSR count). The summed E-state index contributed by atoms with van der Waals surface area (Å²) in [5, 5.41) is 8.45. The number of ether oxygens (including phenoxy) is 1. The lowest BCUT2D eigenvalue weighted by Gasteiger charge is -2.23. The van der Waals surface area contributed by atoms with Gasteiger partial charge in [0, 0.05) is 26.6 Å². The zero-order chi connectivity index (χ0) is 38.9. The number of fused-ring (bicyclic) bond motifs is 1. The van der Waals surface area contributed by atoms with Crippen LogP contribution < -0.4 is 16.0 Å². The fourth-order valence-electron chi connectivity index (χ4n) is 6.36. The summed E-state index contributed by atoms with van der Waals surface area (Å²) < 4.78 is 20.2. The van der Waals surface area contributed by atoms with Gasteiger partial charge in [0.1, 0.15) is 16.5 Å². The molecule has 3 amide bonds. The minimum atomic E-state index is -0.710. The van der Waals surface area contributed by atoms with E-state index < -0.39 is 28.9 Å². The average Bonchev–Trinajstić information content (AvgIpc) is 3.55. The zero-order valence-electron chi connectivity index (χ0n) is 30.2. The summed E-state index contributed by atoms with van der Waals surface area (Å²) in [7, 11) is 0. The lowest BCUT2D eigenvalue weighted by atomic mass is 9.83. The molecule has 12 heteroatoms. The number of anilines is 2. The van der Waals surface area contributed by atoms with Crippen molar-refractivity contribution in [2.24, 2.45) is 0 Å². The Kier molecular flexibility index (Phi) is 13.2. The Morgan fingerprint density at radius 1 is 0.945 bits per heavy atom. The van der Waals surface area contributed by atoms with E-state index in [1.807, 2.05) is 31.2 Å². The Balaban J connectivity index is 1.19. The Labute approximate surface area is 332 Å². The summed E-state index contributed by atoms with van der Waals surface area (Å²) in [5.74, 6) is -2.32. The summed E-state index contributed by atoms with van der Waals surface area (Å²) in [6, 6.07) is 29.7. The topological polar surface area (TPSA) is 114 Å². The largest absolute Gasteiger partial charge is 0.462 e. The van der Waals surface area contributed by atoms with E-state index in [9.17, 15) is 23.6 Å². The molecule has 282 valence electrons. The highest BCUT2D eigenvalue weighted by molar-refractivity contribution is 8.00. The molecule has 5 aromatic rings. The number of carbonyl (C=O) groups is 4. The Morgan fingerprint density at radius 3 is 2.38 bits per heavy atom. The summed E-state index contributed by atoms with van der Waals surface area (Å²) >= 11 is 9.01. The molecule has 4 aromatic carbocycles. The van der Waals surface area contributed by atoms with Crippen LogP contribution in [-0.2, 0) is 27.2 Å². The maximum absolute atomic E-state index is 14.8. The Hall–Kier alpha value is -5.23. The fourth-order valence-corrected chi connectivity index (χ4v) is 8.91. The molecule has 0 bridgehead atoms. The van der Waals surface area contributed by atoms with E-state index in [4.69, 9.17) is 16.3 Å². The standard InChI is InChI=1S/C43H39ClFN3O5S2/c1-3-36(41(51)48-42-38(43(52)53-4-2)31-22-21-28(23-37(31)55-42)26-13-7-5-8-14-26)54-30-18-11-17-29(24-30)46-40(50)35(25-32-33(44)19-12-20-34(32)45)47-39(49)27-15-9-6-10-16-27/h5-20,24-25,28,36H,3-4,21-23H2,1-2H3,(H,46,50)(H,47,49)(H,48,51)/b35-25+. The molecule has 0 fully saturated rings. The number of nitrogens with one attached hydrogen (secondary N) is 3. The molecular weight excluding hydrogens is 757 g/mol. The van der Waals surface area contributed by atoms with Gasteiger partial charge in [0.05, 0.1) is 22.4 Å². The Morgan fingerprint density at radius 2 is 1.67 bits per heavy atom. The van der Waals surface area contributed by atoms with Crippen molar-refractivity contribution in [1.29, 1.82) is 0 Å². The van der Waals surface area contributed by atoms with Gasteiger partial charge in [-0.15, -0.1) is 23.1 Å². The van der Waals surface area contributed by atoms with E-state index >= 15 is 0 Å². The summed E-state index contributed by atoms with van der Waals surface area (Å²) in [4.78, 5) is 55.6. The number of hydrogen-bond donors (Lipinski definition) is 3. The van der Waals surface area contributed by atoms with Crippen molar-refractivity contribution in [3.63, 3.8) is 0 Å². The summed E-state index contributed by atoms with van der Waals surface area (Å²) in [6.07, 6.45) is 4.04. The first-order valence-electron chi connectivity index (χ1n) is 17.9. The second-order valence-corrected chi connectivity index (χ2v) is 15.6. The highest BCUT2D eigenvalue weighted by Gasteiger charge is 2.32. The van der Waals surface area contributed by atoms with Crippen molar-refractivity contribution < 1.29 is 28.3 Å². The van der Waals surface area contributed by atoms with E-state index in [0.717, 1.165) is 23.3 Å². The molecule has 1 aliphatic rings. The average molecular weight is 796 g/mol. The third kappa shape index (κ3) is 9.72. The molecule has 3 N–H and O–H groups in total. The van der Waals surface area contributed by atoms with Gasteiger partial charge in [-0.05, 0) is 98.2 Å². The summed E-state index contributed by atoms with van der Waals surface area (Å²) in [5.41, 5.74) is 3.04. The van der Waals surface area contributed by atoms with Gasteiger partial charge in [0.25, 0.3) is 11.8 Å². The van der Waals surface area contributed by atoms with E-state index in [-0.39, 0.29) is 28.8 Å². The van der Waals surface area contributed by atoms with Crippen LogP contribution in [0, 0.1) is 5.82 Å². The SMILES string of the molecule is CCOC(=O)c1c(NC(=O)C(CC)Sc2cccc(NC(=O)/C(=C\c3c(F)cccc3Cl)NC(=O)c3ccccc3)c2)sc2c1CCC(c1ccccc1)C2. The molecule has 1 heterocycles. The molecule has 1 aromatic heterocycles. The van der Waals surface area contributed by atoms with Crippen LogP contribution in [0.2, 0.25) is 5.02 Å². The molecule has 0 radical (unpaired) electrons. The zero-order valence-corrected chi connectivity index (χ0v) is 32.6. The predicted molar refractivity (Wildman–Crippen MR) is 218 cm³/mol. The number of thioether (sulfide) groups is 1. The van der Waals surface area contributed by atoms with E-state index in [2.05, 4.69) is 28.1 Å². The number of halogens is 2. The molecule has 0 saturated carbocycles. The maximum Gasteiger partial charge on any atom is 0.341 e. The molecule has 2 unspecified atom stereocenters. The predicted octanol–water partition coefficient (Wildman–Crippen LogP) is 9.91. The first-order valence-corrected chi connectivity index (χ1v) is 20.0. The van der Waals surface area contributed by atoms with Crippen LogP contribution in [0.4, 0.5) is 15.1 Å². The highest BCUT2D eigenvalue weighted by atomic mass is 35.5. The lowest BCUT2D eigenvalue weighted by Crippen LogP contribution is -2.30. The van der Waals surface area contributed by atoms with Crippen LogP contribution in [0.5, 0.6) is 0 Å². The van der Waals surface area contributed by atoms with Crippen molar-refractivity contribution in [2.75, 3.05) is 17.2 Å². The summed E-state index contributed by atoms with van der Waals surface area (Å²) in [6.45, 7) is 3.88. The van der Waals surface area contributed by atoms with Gasteiger partial charge in [-0.1, -0.05) is 79.2 Å². The number of thiophene rings is 1. The molecule has 0 spiro atoms. The second kappa shape index (κ2) is 18.4. The van der Waals surface area contributed by atoms with Gasteiger partial charge in [-0.25, -0.2) is 9.18 Å². The van der Waals surface area contributed by atoms with Crippen LogP contribution in [-0.4, -0.2) is 35.5 Å². The van der Waals surface area contributed by atoms with Crippen LogP contribution in [0.3, 0.4) is 0 Å². The molecule has 0 aliphatic heterocycles. The van der Waals surface area contributed by atoms with Crippen LogP contribution in [0.1, 0.15) is 74.9 Å². The van der Waals surface area contributed by atoms with Crippen LogP contribution in [0.25, 0.3) is 6.08 Å². The van der Waals surface area contributed by atoms with E-state index in [1.54, 1.807) is 55.5 Å². The smallest absolute Gasteiger partial charge is 0.341 e. The molecule has 2 atom stereocenters. The minimum absolute atomic E-state index is 0.0579. The maximum atomic E-state index is 14.8. The minimum Gasteiger partial charge on any atom is -0.462 e. The first kappa shape index (κ1) is 39.5. The van der Waals surface area contributed by atoms with Gasteiger partial charge in [0.2, 0.25) is 5.91 Å². The molecular formula is C43H39ClFN3O5S2. The number of esters is 1. The van der Waals surface area contributed by atoms with Crippen LogP contribution in [0.15, 0.2) is 114 Å². The number of benzene rings is 4. The quantitative estimate of drug-likeness (QED) is 0.0622. The number of rotatable bonds is 13. The molecule has 0 saturated heterocycles. The monoisotopic (exact) mass is 795 g/mol. The van der Waals surface area contributed by atoms with Crippen LogP contribution >= 0.6 is 34.7 Å². The number of hydrogen-bond acceptors (Lipinski definition) is 7. The van der Waals surface area contributed by atoms with E-state index in [0.29, 0.717) is 45.5 Å². The fraction of sp³-hybridized carbons (Fsp3) is 0.209. The van der Waals surface area contributed by atoms with Gasteiger partial charge in [-0.2, -0.15) is 0 Å². The van der Waals surface area contributed by atoms with Crippen molar-refractivity contribution in [3.8, 4) is 0 Å². The molecule has 1 aliphatic carbocycles. The normalized spacial score (nSPS) is 14.3. The van der Waals surface area contributed by atoms with Crippen molar-refractivity contribution in [2.45, 2.75) is 55.6 Å². The van der Waals surface area contributed by atoms with Gasteiger partial charge < -0.3 is 20.7 Å². The first-order chi connectivity index (χ1) is 26.6. The second-order valence-electron chi connectivity index (χ2n) is 12.8. The van der Waals surface area contributed by atoms with Gasteiger partial charge in [0.15, 0.2) is 0 Å². The lowest BCUT2D eigenvalue weighted by molar-refractivity contribution is -0.116. The third-order valence-electron chi connectivity index (χ3n) is 9.10. The van der Waals surface area contributed by atoms with Gasteiger partial charge in [-0.3, -0.25) is 14.4 Å². The Bertz CT molecular complexity index is 2210. The van der Waals surface area contributed by atoms with Crippen molar-refractivity contribution in [3.05, 3.63) is 152 Å². The highest BCUT2D eigenvalue weighted by Crippen LogP contribution is 2.43. The van der Waals surface area contributed by atoms with Gasteiger partial charge >= 0.3 is 5.97 Å². The number of amides is 3. The van der Waals surface area contributed by atoms with E-state index in [1.165, 1.54) is 52.9 Å². The van der Waals surface area contributed by atoms with Crippen molar-refractivity contribution in [1.82, 2.24) is 5.32 Å².